The number of ether oxygens (including phenoxy) is 2. The third-order valence-corrected chi connectivity index (χ3v) is 11.5. The lowest BCUT2D eigenvalue weighted by Gasteiger charge is -2.25. The van der Waals surface area contributed by atoms with Crippen LogP contribution in [0.5, 0.6) is 11.5 Å². The number of thioether (sulfide) groups is 1. The number of thiophene rings is 1. The second-order valence-electron chi connectivity index (χ2n) is 7.91. The molecule has 2 heterocycles. The molecule has 1 amide bonds. The van der Waals surface area contributed by atoms with Crippen molar-refractivity contribution in [1.29, 1.82) is 0 Å². The van der Waals surface area contributed by atoms with Crippen molar-refractivity contribution in [3.8, 4) is 11.5 Å². The highest BCUT2D eigenvalue weighted by atomic mass is 35.5. The number of amides is 1. The molecule has 4 rings (SSSR count). The molecule has 0 radical (unpaired) electrons. The van der Waals surface area contributed by atoms with Crippen LogP contribution in [0.4, 0.5) is 11.4 Å². The minimum absolute atomic E-state index is 0.0345. The summed E-state index contributed by atoms with van der Waals surface area (Å²) in [6, 6.07) is 11.3. The molecule has 0 unspecified atom stereocenters. The number of nitrogens with one attached hydrogen (secondary N) is 2. The molecular formula is C23H24ClN3O7S4. The van der Waals surface area contributed by atoms with Crippen molar-refractivity contribution in [3.05, 3.63) is 58.4 Å². The quantitative estimate of drug-likeness (QED) is 0.365. The fourth-order valence-electron chi connectivity index (χ4n) is 3.63. The van der Waals surface area contributed by atoms with E-state index in [1.807, 2.05) is 0 Å². The van der Waals surface area contributed by atoms with E-state index in [0.29, 0.717) is 23.1 Å². The summed E-state index contributed by atoms with van der Waals surface area (Å²) < 4.78 is 66.4. The smallest absolute Gasteiger partial charge is 0.271 e. The van der Waals surface area contributed by atoms with Gasteiger partial charge >= 0.3 is 0 Å². The molecule has 0 atom stereocenters. The molecule has 1 aliphatic heterocycles. The lowest BCUT2D eigenvalue weighted by molar-refractivity contribution is 0.102. The Labute approximate surface area is 234 Å². The van der Waals surface area contributed by atoms with Crippen LogP contribution in [-0.2, 0) is 20.0 Å². The van der Waals surface area contributed by atoms with Crippen LogP contribution in [0.2, 0.25) is 4.34 Å². The number of hydrogen-bond acceptors (Lipinski definition) is 9. The van der Waals surface area contributed by atoms with E-state index in [1.54, 1.807) is 11.8 Å². The number of hydrogen-bond donors (Lipinski definition) is 2. The molecule has 3 aromatic rings. The van der Waals surface area contributed by atoms with Crippen LogP contribution in [-0.4, -0.2) is 65.9 Å². The van der Waals surface area contributed by atoms with Gasteiger partial charge in [-0.15, -0.1) is 11.3 Å². The molecule has 1 aromatic heterocycles. The van der Waals surface area contributed by atoms with Gasteiger partial charge in [0.05, 0.1) is 34.7 Å². The van der Waals surface area contributed by atoms with Gasteiger partial charge in [0.25, 0.3) is 15.9 Å². The molecule has 38 heavy (non-hydrogen) atoms. The number of benzene rings is 2. The molecule has 0 saturated carbocycles. The summed E-state index contributed by atoms with van der Waals surface area (Å²) in [6.45, 7) is 0.891. The van der Waals surface area contributed by atoms with Crippen molar-refractivity contribution in [3.63, 3.8) is 0 Å². The summed E-state index contributed by atoms with van der Waals surface area (Å²) in [6.07, 6.45) is 0. The number of anilines is 2. The van der Waals surface area contributed by atoms with Gasteiger partial charge in [-0.05, 0) is 42.5 Å². The highest BCUT2D eigenvalue weighted by Crippen LogP contribution is 2.36. The van der Waals surface area contributed by atoms with Gasteiger partial charge in [0.1, 0.15) is 4.21 Å². The molecule has 0 aliphatic carbocycles. The van der Waals surface area contributed by atoms with Gasteiger partial charge in [-0.1, -0.05) is 11.6 Å². The third kappa shape index (κ3) is 6.21. The van der Waals surface area contributed by atoms with Crippen LogP contribution in [0.25, 0.3) is 0 Å². The van der Waals surface area contributed by atoms with Gasteiger partial charge in [0, 0.05) is 36.3 Å². The number of nitrogens with zero attached hydrogens (tertiary/aromatic N) is 1. The molecule has 2 aromatic carbocycles. The number of carbonyl (C=O) groups excluding carboxylic acids is 1. The van der Waals surface area contributed by atoms with E-state index in [-0.39, 0.29) is 31.9 Å². The van der Waals surface area contributed by atoms with Crippen LogP contribution < -0.4 is 19.5 Å². The maximum absolute atomic E-state index is 13.3. The normalized spacial score (nSPS) is 14.6. The molecule has 10 nitrogen and oxygen atoms in total. The molecule has 1 aliphatic rings. The lowest BCUT2D eigenvalue weighted by atomic mass is 10.1. The monoisotopic (exact) mass is 617 g/mol. The molecule has 1 saturated heterocycles. The largest absolute Gasteiger partial charge is 0.493 e. The van der Waals surface area contributed by atoms with Crippen LogP contribution >= 0.6 is 34.7 Å². The van der Waals surface area contributed by atoms with Gasteiger partial charge in [0.15, 0.2) is 11.5 Å². The standard InChI is InChI=1S/C23H24ClN3O7S4/c1-33-19-13-17(18(14-20(19)34-2)26-37(29,30)22-8-7-21(24)36-22)23(28)25-15-3-5-16(6-4-15)38(31,32)27-9-11-35-12-10-27/h3-8,13-14,26H,9-12H2,1-2H3,(H,25,28). The fourth-order valence-corrected chi connectivity index (χ4v) is 8.76. The van der Waals surface area contributed by atoms with E-state index in [2.05, 4.69) is 10.0 Å². The van der Waals surface area contributed by atoms with E-state index in [9.17, 15) is 21.6 Å². The zero-order valence-corrected chi connectivity index (χ0v) is 24.3. The molecule has 0 spiro atoms. The lowest BCUT2D eigenvalue weighted by Crippen LogP contribution is -2.37. The topological polar surface area (TPSA) is 131 Å². The molecule has 204 valence electrons. The first kappa shape index (κ1) is 28.5. The van der Waals surface area contributed by atoms with Crippen LogP contribution in [0.1, 0.15) is 10.4 Å². The Bertz CT molecular complexity index is 1540. The van der Waals surface area contributed by atoms with E-state index < -0.39 is 26.0 Å². The number of rotatable bonds is 9. The predicted octanol–water partition coefficient (Wildman–Crippen LogP) is 4.21. The van der Waals surface area contributed by atoms with Gasteiger partial charge in [0.2, 0.25) is 10.0 Å². The number of carbonyl (C=O) groups is 1. The Morgan fingerprint density at radius 1 is 0.947 bits per heavy atom. The summed E-state index contributed by atoms with van der Waals surface area (Å²) in [5.41, 5.74) is 0.222. The number of methoxy groups -OCH3 is 2. The summed E-state index contributed by atoms with van der Waals surface area (Å²) in [4.78, 5) is 13.4. The summed E-state index contributed by atoms with van der Waals surface area (Å²) in [7, 11) is -4.93. The van der Waals surface area contributed by atoms with Gasteiger partial charge in [-0.25, -0.2) is 16.8 Å². The Kier molecular flexibility index (Phi) is 8.79. The van der Waals surface area contributed by atoms with Crippen molar-refractivity contribution in [1.82, 2.24) is 4.31 Å². The highest BCUT2D eigenvalue weighted by molar-refractivity contribution is 7.99. The number of halogens is 1. The molecule has 0 bridgehead atoms. The van der Waals surface area contributed by atoms with E-state index in [1.165, 1.54) is 67.1 Å². The minimum Gasteiger partial charge on any atom is -0.493 e. The van der Waals surface area contributed by atoms with Crippen molar-refractivity contribution >= 4 is 72.0 Å². The molecule has 15 heteroatoms. The SMILES string of the molecule is COc1cc(NS(=O)(=O)c2ccc(Cl)s2)c(C(=O)Nc2ccc(S(=O)(=O)N3CCSCC3)cc2)cc1OC. The van der Waals surface area contributed by atoms with Crippen molar-refractivity contribution < 1.29 is 31.1 Å². The highest BCUT2D eigenvalue weighted by Gasteiger charge is 2.27. The van der Waals surface area contributed by atoms with Crippen LogP contribution in [0.3, 0.4) is 0 Å². The third-order valence-electron chi connectivity index (χ3n) is 5.55. The maximum atomic E-state index is 13.3. The van der Waals surface area contributed by atoms with Gasteiger partial charge < -0.3 is 14.8 Å². The van der Waals surface area contributed by atoms with Gasteiger partial charge in [-0.2, -0.15) is 16.1 Å². The Morgan fingerprint density at radius 3 is 2.16 bits per heavy atom. The first-order valence-corrected chi connectivity index (χ1v) is 16.4. The second-order valence-corrected chi connectivity index (χ2v) is 14.7. The van der Waals surface area contributed by atoms with Crippen molar-refractivity contribution in [2.75, 3.05) is 48.9 Å². The van der Waals surface area contributed by atoms with E-state index >= 15 is 0 Å². The minimum atomic E-state index is -4.06. The average molecular weight is 618 g/mol. The number of sulfonamides is 2. The van der Waals surface area contributed by atoms with Crippen molar-refractivity contribution in [2.45, 2.75) is 9.10 Å². The van der Waals surface area contributed by atoms with Gasteiger partial charge in [-0.3, -0.25) is 9.52 Å². The predicted molar refractivity (Wildman–Crippen MR) is 150 cm³/mol. The molecular weight excluding hydrogens is 594 g/mol. The first-order valence-electron chi connectivity index (χ1n) is 11.1. The Hall–Kier alpha value is -2.49. The zero-order valence-electron chi connectivity index (χ0n) is 20.3. The van der Waals surface area contributed by atoms with E-state index in [0.717, 1.165) is 22.8 Å². The first-order chi connectivity index (χ1) is 18.0. The summed E-state index contributed by atoms with van der Waals surface area (Å²) in [5.74, 6) is 1.24. The Balaban J connectivity index is 1.61. The Morgan fingerprint density at radius 2 is 1.58 bits per heavy atom. The summed E-state index contributed by atoms with van der Waals surface area (Å²) in [5, 5.41) is 2.67. The van der Waals surface area contributed by atoms with Crippen molar-refractivity contribution in [2.24, 2.45) is 0 Å². The maximum Gasteiger partial charge on any atom is 0.271 e. The second kappa shape index (κ2) is 11.7. The van der Waals surface area contributed by atoms with Crippen LogP contribution in [0, 0.1) is 0 Å². The van der Waals surface area contributed by atoms with E-state index in [4.69, 9.17) is 21.1 Å². The summed E-state index contributed by atoms with van der Waals surface area (Å²) >= 11 is 8.47. The van der Waals surface area contributed by atoms with Crippen LogP contribution in [0.15, 0.2) is 57.6 Å². The fraction of sp³-hybridized carbons (Fsp3) is 0.261. The molecule has 1 fully saturated rings. The average Bonchev–Trinajstić information content (AvgIpc) is 3.36. The molecule has 2 N–H and O–H groups in total. The zero-order chi connectivity index (χ0) is 27.5.